The van der Waals surface area contributed by atoms with Crippen molar-refractivity contribution in [3.63, 3.8) is 0 Å². The first-order valence-electron chi connectivity index (χ1n) is 5.64. The number of rotatable bonds is 1. The fraction of sp³-hybridized carbons (Fsp3) is 0.333. The molecule has 0 fully saturated rings. The summed E-state index contributed by atoms with van der Waals surface area (Å²) in [6.07, 6.45) is 0. The summed E-state index contributed by atoms with van der Waals surface area (Å²) in [6, 6.07) is 12.6. The monoisotopic (exact) mass is 214 g/mol. The van der Waals surface area contributed by atoms with E-state index in [0.717, 1.165) is 5.75 Å². The van der Waals surface area contributed by atoms with Gasteiger partial charge in [-0.2, -0.15) is 0 Å². The van der Waals surface area contributed by atoms with Crippen molar-refractivity contribution in [1.82, 2.24) is 0 Å². The van der Waals surface area contributed by atoms with Gasteiger partial charge < -0.3 is 4.74 Å². The van der Waals surface area contributed by atoms with Gasteiger partial charge in [-0.05, 0) is 56.2 Å². The summed E-state index contributed by atoms with van der Waals surface area (Å²) in [5.41, 5.74) is 1.12. The number of hydrogen-bond donors (Lipinski definition) is 0. The van der Waals surface area contributed by atoms with Crippen LogP contribution in [0.2, 0.25) is 0 Å². The summed E-state index contributed by atoms with van der Waals surface area (Å²) in [6.45, 7) is 8.32. The average molecular weight is 214 g/mol. The second kappa shape index (κ2) is 3.82. The van der Waals surface area contributed by atoms with E-state index in [4.69, 9.17) is 4.74 Å². The van der Waals surface area contributed by atoms with E-state index in [1.807, 2.05) is 0 Å². The van der Waals surface area contributed by atoms with Gasteiger partial charge in [-0.3, -0.25) is 0 Å². The Bertz CT molecular complexity index is 506. The quantitative estimate of drug-likeness (QED) is 0.686. The molecule has 0 aliphatic rings. The molecule has 0 aliphatic carbocycles. The zero-order chi connectivity index (χ0) is 11.8. The molecule has 0 unspecified atom stereocenters. The lowest BCUT2D eigenvalue weighted by Crippen LogP contribution is -2.22. The molecular formula is C15H18O. The van der Waals surface area contributed by atoms with E-state index in [9.17, 15) is 0 Å². The smallest absolute Gasteiger partial charge is 0.121 e. The molecule has 0 heterocycles. The van der Waals surface area contributed by atoms with Gasteiger partial charge in [-0.25, -0.2) is 0 Å². The lowest BCUT2D eigenvalue weighted by atomic mass is 10.0. The van der Waals surface area contributed by atoms with Crippen LogP contribution < -0.4 is 4.74 Å². The molecule has 0 amide bonds. The summed E-state index contributed by atoms with van der Waals surface area (Å²) >= 11 is 0. The molecule has 2 aromatic rings. The highest BCUT2D eigenvalue weighted by Crippen LogP contribution is 2.27. The van der Waals surface area contributed by atoms with Crippen LogP contribution in [0.1, 0.15) is 26.3 Å². The van der Waals surface area contributed by atoms with Crippen LogP contribution in [0.25, 0.3) is 10.8 Å². The number of fused-ring (bicyclic) bond motifs is 1. The maximum atomic E-state index is 5.89. The molecule has 0 spiro atoms. The van der Waals surface area contributed by atoms with E-state index < -0.39 is 0 Å². The molecule has 0 bridgehead atoms. The Kier molecular flexibility index (Phi) is 2.63. The Hall–Kier alpha value is -1.50. The highest BCUT2D eigenvalue weighted by Gasteiger charge is 2.12. The second-order valence-corrected chi connectivity index (χ2v) is 5.18. The van der Waals surface area contributed by atoms with Crippen molar-refractivity contribution in [3.8, 4) is 5.75 Å². The topological polar surface area (TPSA) is 9.23 Å². The van der Waals surface area contributed by atoms with Gasteiger partial charge in [0.2, 0.25) is 0 Å². The van der Waals surface area contributed by atoms with E-state index in [2.05, 4.69) is 64.1 Å². The Morgan fingerprint density at radius 1 is 1.00 bits per heavy atom. The molecule has 16 heavy (non-hydrogen) atoms. The predicted octanol–water partition coefficient (Wildman–Crippen LogP) is 4.33. The molecule has 0 saturated carbocycles. The first kappa shape index (κ1) is 11.0. The van der Waals surface area contributed by atoms with Gasteiger partial charge in [0.05, 0.1) is 0 Å². The average Bonchev–Trinajstić information content (AvgIpc) is 2.15. The van der Waals surface area contributed by atoms with Crippen molar-refractivity contribution in [2.24, 2.45) is 0 Å². The zero-order valence-electron chi connectivity index (χ0n) is 10.4. The van der Waals surface area contributed by atoms with E-state index >= 15 is 0 Å². The van der Waals surface area contributed by atoms with Gasteiger partial charge in [0.15, 0.2) is 0 Å². The summed E-state index contributed by atoms with van der Waals surface area (Å²) in [7, 11) is 0. The lowest BCUT2D eigenvalue weighted by Gasteiger charge is -2.22. The van der Waals surface area contributed by atoms with Gasteiger partial charge in [0.25, 0.3) is 0 Å². The molecule has 0 aromatic heterocycles. The summed E-state index contributed by atoms with van der Waals surface area (Å²) < 4.78 is 5.89. The summed E-state index contributed by atoms with van der Waals surface area (Å²) in [4.78, 5) is 0. The van der Waals surface area contributed by atoms with Crippen LogP contribution in [0, 0.1) is 6.92 Å². The van der Waals surface area contributed by atoms with Crippen molar-refractivity contribution >= 4 is 10.8 Å². The number of aryl methyl sites for hydroxylation is 1. The molecule has 0 N–H and O–H groups in total. The van der Waals surface area contributed by atoms with Crippen molar-refractivity contribution in [2.75, 3.05) is 0 Å². The molecule has 1 heteroatoms. The molecule has 0 radical (unpaired) electrons. The standard InChI is InChI=1S/C15H18O/c1-11-9-13(16-15(2,3)4)10-12-7-5-6-8-14(11)12/h5-10H,1-4H3. The maximum Gasteiger partial charge on any atom is 0.121 e. The van der Waals surface area contributed by atoms with Crippen LogP contribution in [-0.2, 0) is 0 Å². The third kappa shape index (κ3) is 2.35. The van der Waals surface area contributed by atoms with E-state index in [-0.39, 0.29) is 5.60 Å². The van der Waals surface area contributed by atoms with Crippen LogP contribution in [-0.4, -0.2) is 5.60 Å². The molecular weight excluding hydrogens is 196 g/mol. The van der Waals surface area contributed by atoms with Crippen LogP contribution in [0.3, 0.4) is 0 Å². The van der Waals surface area contributed by atoms with Crippen molar-refractivity contribution < 1.29 is 4.74 Å². The largest absolute Gasteiger partial charge is 0.488 e. The Morgan fingerprint density at radius 3 is 2.38 bits per heavy atom. The van der Waals surface area contributed by atoms with Gasteiger partial charge in [-0.15, -0.1) is 0 Å². The predicted molar refractivity (Wildman–Crippen MR) is 69.1 cm³/mol. The highest BCUT2D eigenvalue weighted by molar-refractivity contribution is 5.86. The minimum atomic E-state index is -0.144. The van der Waals surface area contributed by atoms with E-state index in [1.165, 1.54) is 16.3 Å². The molecule has 84 valence electrons. The normalized spacial score (nSPS) is 11.8. The first-order valence-corrected chi connectivity index (χ1v) is 5.64. The van der Waals surface area contributed by atoms with Crippen LogP contribution in [0.15, 0.2) is 36.4 Å². The van der Waals surface area contributed by atoms with Crippen LogP contribution in [0.5, 0.6) is 5.75 Å². The zero-order valence-corrected chi connectivity index (χ0v) is 10.4. The second-order valence-electron chi connectivity index (χ2n) is 5.18. The number of hydrogen-bond acceptors (Lipinski definition) is 1. The minimum Gasteiger partial charge on any atom is -0.488 e. The fourth-order valence-electron chi connectivity index (χ4n) is 1.88. The minimum absolute atomic E-state index is 0.144. The van der Waals surface area contributed by atoms with E-state index in [1.54, 1.807) is 0 Å². The Morgan fingerprint density at radius 2 is 1.69 bits per heavy atom. The first-order chi connectivity index (χ1) is 7.46. The van der Waals surface area contributed by atoms with Crippen LogP contribution in [0.4, 0.5) is 0 Å². The third-order valence-electron chi connectivity index (χ3n) is 2.47. The van der Waals surface area contributed by atoms with Gasteiger partial charge >= 0.3 is 0 Å². The Balaban J connectivity index is 2.50. The summed E-state index contributed by atoms with van der Waals surface area (Å²) in [5, 5.41) is 2.53. The van der Waals surface area contributed by atoms with Crippen molar-refractivity contribution in [3.05, 3.63) is 42.0 Å². The summed E-state index contributed by atoms with van der Waals surface area (Å²) in [5.74, 6) is 0.948. The fourth-order valence-corrected chi connectivity index (χ4v) is 1.88. The SMILES string of the molecule is Cc1cc(OC(C)(C)C)cc2ccccc12. The molecule has 2 aromatic carbocycles. The molecule has 2 rings (SSSR count). The van der Waals surface area contributed by atoms with Gasteiger partial charge in [-0.1, -0.05) is 24.3 Å². The lowest BCUT2D eigenvalue weighted by molar-refractivity contribution is 0.131. The molecule has 0 aliphatic heterocycles. The van der Waals surface area contributed by atoms with Crippen molar-refractivity contribution in [1.29, 1.82) is 0 Å². The van der Waals surface area contributed by atoms with Gasteiger partial charge in [0, 0.05) is 0 Å². The molecule has 0 atom stereocenters. The number of ether oxygens (including phenoxy) is 1. The third-order valence-corrected chi connectivity index (χ3v) is 2.47. The van der Waals surface area contributed by atoms with Gasteiger partial charge in [0.1, 0.15) is 11.4 Å². The van der Waals surface area contributed by atoms with E-state index in [0.29, 0.717) is 0 Å². The maximum absolute atomic E-state index is 5.89. The Labute approximate surface area is 97.1 Å². The number of benzene rings is 2. The highest BCUT2D eigenvalue weighted by atomic mass is 16.5. The van der Waals surface area contributed by atoms with Crippen LogP contribution >= 0.6 is 0 Å². The molecule has 0 saturated heterocycles. The molecule has 1 nitrogen and oxygen atoms in total. The van der Waals surface area contributed by atoms with Crippen molar-refractivity contribution in [2.45, 2.75) is 33.3 Å².